The molecule has 0 saturated carbocycles. The second-order valence-corrected chi connectivity index (χ2v) is 2.98. The number of hydrogen-bond donors (Lipinski definition) is 1. The summed E-state index contributed by atoms with van der Waals surface area (Å²) < 4.78 is 5.10. The van der Waals surface area contributed by atoms with E-state index >= 15 is 0 Å². The predicted octanol–water partition coefficient (Wildman–Crippen LogP) is 1.27. The van der Waals surface area contributed by atoms with Crippen LogP contribution in [-0.2, 0) is 9.53 Å². The van der Waals surface area contributed by atoms with Gasteiger partial charge in [-0.1, -0.05) is 0 Å². The maximum Gasteiger partial charge on any atom is 0.335 e. The van der Waals surface area contributed by atoms with Gasteiger partial charge in [-0.25, -0.2) is 4.79 Å². The molecule has 10 heavy (non-hydrogen) atoms. The summed E-state index contributed by atoms with van der Waals surface area (Å²) in [5, 5.41) is 8.57. The minimum absolute atomic E-state index is 0.0499. The molecule has 0 aromatic rings. The Hall–Kier alpha value is -0.570. The molecule has 0 aromatic carbocycles. The predicted molar refractivity (Wildman–Crippen MR) is 37.9 cm³/mol. The first-order valence-corrected chi connectivity index (χ1v) is 3.27. The van der Waals surface area contributed by atoms with Crippen molar-refractivity contribution in [2.75, 3.05) is 0 Å². The highest BCUT2D eigenvalue weighted by Gasteiger charge is 2.28. The quantitative estimate of drug-likeness (QED) is 0.652. The molecule has 60 valence electrons. The third kappa shape index (κ3) is 2.82. The lowest BCUT2D eigenvalue weighted by molar-refractivity contribution is -0.165. The fraction of sp³-hybridized carbons (Fsp3) is 0.857. The summed E-state index contributed by atoms with van der Waals surface area (Å²) in [7, 11) is 0. The highest BCUT2D eigenvalue weighted by molar-refractivity contribution is 5.76. The Bertz CT molecular complexity index is 127. The molecule has 0 atom stereocenters. The minimum atomic E-state index is -1.06. The van der Waals surface area contributed by atoms with Crippen LogP contribution in [0.2, 0.25) is 0 Å². The number of carbonyl (C=O) groups is 1. The molecule has 1 N–H and O–H groups in total. The van der Waals surface area contributed by atoms with Crippen molar-refractivity contribution in [2.45, 2.75) is 39.4 Å². The standard InChI is InChI=1S/C7H14O3/c1-5(2)10-7(3,4)6(8)9/h5H,1-4H3,(H,8,9). The Kier molecular flexibility index (Phi) is 2.84. The molecule has 0 aliphatic heterocycles. The van der Waals surface area contributed by atoms with Crippen molar-refractivity contribution in [1.82, 2.24) is 0 Å². The summed E-state index contributed by atoms with van der Waals surface area (Å²) in [6.07, 6.45) is -0.0499. The number of aliphatic carboxylic acids is 1. The highest BCUT2D eigenvalue weighted by Crippen LogP contribution is 2.11. The largest absolute Gasteiger partial charge is 0.479 e. The topological polar surface area (TPSA) is 46.5 Å². The number of carboxylic acids is 1. The zero-order valence-electron chi connectivity index (χ0n) is 6.84. The van der Waals surface area contributed by atoms with Crippen LogP contribution in [0.15, 0.2) is 0 Å². The van der Waals surface area contributed by atoms with Crippen LogP contribution in [0, 0.1) is 0 Å². The van der Waals surface area contributed by atoms with Crippen LogP contribution in [0.1, 0.15) is 27.7 Å². The maximum absolute atomic E-state index is 10.4. The van der Waals surface area contributed by atoms with Crippen LogP contribution < -0.4 is 0 Å². The molecule has 3 heteroatoms. The fourth-order valence-corrected chi connectivity index (χ4v) is 0.640. The van der Waals surface area contributed by atoms with Gasteiger partial charge in [0.2, 0.25) is 0 Å². The molecule has 0 saturated heterocycles. The first kappa shape index (κ1) is 9.43. The number of carboxylic acid groups (broad SMARTS) is 1. The van der Waals surface area contributed by atoms with Gasteiger partial charge in [0.25, 0.3) is 0 Å². The van der Waals surface area contributed by atoms with Gasteiger partial charge in [-0.15, -0.1) is 0 Å². The molecule has 0 bridgehead atoms. The molecule has 0 spiro atoms. The number of hydrogen-bond acceptors (Lipinski definition) is 2. The Labute approximate surface area is 61.0 Å². The molecule has 0 aromatic heterocycles. The first-order chi connectivity index (χ1) is 4.36. The van der Waals surface area contributed by atoms with Crippen molar-refractivity contribution >= 4 is 5.97 Å². The van der Waals surface area contributed by atoms with Crippen molar-refractivity contribution in [2.24, 2.45) is 0 Å². The molecule has 0 radical (unpaired) electrons. The zero-order chi connectivity index (χ0) is 8.36. The zero-order valence-corrected chi connectivity index (χ0v) is 6.84. The molecule has 0 rings (SSSR count). The summed E-state index contributed by atoms with van der Waals surface area (Å²) in [5.74, 6) is -0.929. The van der Waals surface area contributed by atoms with Crippen LogP contribution in [0.5, 0.6) is 0 Å². The summed E-state index contributed by atoms with van der Waals surface area (Å²) in [6, 6.07) is 0. The first-order valence-electron chi connectivity index (χ1n) is 3.27. The van der Waals surface area contributed by atoms with Gasteiger partial charge in [-0.05, 0) is 27.7 Å². The van der Waals surface area contributed by atoms with Gasteiger partial charge in [-0.3, -0.25) is 0 Å². The highest BCUT2D eigenvalue weighted by atomic mass is 16.5. The number of ether oxygens (including phenoxy) is 1. The van der Waals surface area contributed by atoms with Crippen molar-refractivity contribution < 1.29 is 14.6 Å². The fourth-order valence-electron chi connectivity index (χ4n) is 0.640. The van der Waals surface area contributed by atoms with E-state index in [4.69, 9.17) is 9.84 Å². The SMILES string of the molecule is CC(C)OC(C)(C)C(=O)O. The van der Waals surface area contributed by atoms with E-state index in [0.29, 0.717) is 0 Å². The lowest BCUT2D eigenvalue weighted by Crippen LogP contribution is -2.36. The van der Waals surface area contributed by atoms with Gasteiger partial charge in [-0.2, -0.15) is 0 Å². The Morgan fingerprint density at radius 2 is 1.90 bits per heavy atom. The second kappa shape index (κ2) is 3.01. The van der Waals surface area contributed by atoms with Gasteiger partial charge < -0.3 is 9.84 Å². The van der Waals surface area contributed by atoms with Gasteiger partial charge in [0.15, 0.2) is 5.60 Å². The van der Waals surface area contributed by atoms with E-state index in [9.17, 15) is 4.79 Å². The molecule has 0 unspecified atom stereocenters. The molecule has 0 heterocycles. The van der Waals surface area contributed by atoms with Crippen molar-refractivity contribution in [3.05, 3.63) is 0 Å². The molecule has 0 fully saturated rings. The summed E-state index contributed by atoms with van der Waals surface area (Å²) in [5.41, 5.74) is -1.06. The van der Waals surface area contributed by atoms with E-state index in [2.05, 4.69) is 0 Å². The molecular weight excluding hydrogens is 132 g/mol. The van der Waals surface area contributed by atoms with Crippen molar-refractivity contribution in [1.29, 1.82) is 0 Å². The van der Waals surface area contributed by atoms with Gasteiger partial charge in [0, 0.05) is 0 Å². The van der Waals surface area contributed by atoms with E-state index in [-0.39, 0.29) is 6.10 Å². The minimum Gasteiger partial charge on any atom is -0.479 e. The molecule has 0 aliphatic carbocycles. The normalized spacial score (nSPS) is 12.1. The average Bonchev–Trinajstić information content (AvgIpc) is 1.60. The van der Waals surface area contributed by atoms with Gasteiger partial charge in [0.05, 0.1) is 6.10 Å². The monoisotopic (exact) mass is 146 g/mol. The number of rotatable bonds is 3. The lowest BCUT2D eigenvalue weighted by Gasteiger charge is -2.22. The van der Waals surface area contributed by atoms with E-state index in [0.717, 1.165) is 0 Å². The Morgan fingerprint density at radius 1 is 1.50 bits per heavy atom. The van der Waals surface area contributed by atoms with Crippen LogP contribution in [0.25, 0.3) is 0 Å². The van der Waals surface area contributed by atoms with E-state index < -0.39 is 11.6 Å². The Balaban J connectivity index is 4.00. The smallest absolute Gasteiger partial charge is 0.335 e. The van der Waals surface area contributed by atoms with Crippen LogP contribution in [-0.4, -0.2) is 22.8 Å². The van der Waals surface area contributed by atoms with Crippen LogP contribution in [0.4, 0.5) is 0 Å². The molecule has 0 aliphatic rings. The van der Waals surface area contributed by atoms with E-state index in [1.54, 1.807) is 0 Å². The summed E-state index contributed by atoms with van der Waals surface area (Å²) in [4.78, 5) is 10.4. The molecule has 3 nitrogen and oxygen atoms in total. The van der Waals surface area contributed by atoms with E-state index in [1.165, 1.54) is 13.8 Å². The van der Waals surface area contributed by atoms with Gasteiger partial charge in [0.1, 0.15) is 0 Å². The maximum atomic E-state index is 10.4. The summed E-state index contributed by atoms with van der Waals surface area (Å²) >= 11 is 0. The molecular formula is C7H14O3. The van der Waals surface area contributed by atoms with Crippen LogP contribution in [0.3, 0.4) is 0 Å². The lowest BCUT2D eigenvalue weighted by atomic mass is 10.1. The third-order valence-corrected chi connectivity index (χ3v) is 1.05. The van der Waals surface area contributed by atoms with Crippen molar-refractivity contribution in [3.63, 3.8) is 0 Å². The Morgan fingerprint density at radius 3 is 2.00 bits per heavy atom. The molecule has 0 amide bonds. The average molecular weight is 146 g/mol. The van der Waals surface area contributed by atoms with Gasteiger partial charge >= 0.3 is 5.97 Å². The van der Waals surface area contributed by atoms with Crippen molar-refractivity contribution in [3.8, 4) is 0 Å². The van der Waals surface area contributed by atoms with E-state index in [1.807, 2.05) is 13.8 Å². The summed E-state index contributed by atoms with van der Waals surface area (Å²) in [6.45, 7) is 6.69. The van der Waals surface area contributed by atoms with Crippen LogP contribution >= 0.6 is 0 Å². The third-order valence-electron chi connectivity index (χ3n) is 1.05. The second-order valence-electron chi connectivity index (χ2n) is 2.98.